The van der Waals surface area contributed by atoms with Gasteiger partial charge in [0.25, 0.3) is 11.8 Å². The summed E-state index contributed by atoms with van der Waals surface area (Å²) in [5.41, 5.74) is 2.85. The number of nitrogens with zero attached hydrogens (tertiary/aromatic N) is 1. The van der Waals surface area contributed by atoms with E-state index in [0.29, 0.717) is 5.69 Å². The van der Waals surface area contributed by atoms with Crippen molar-refractivity contribution >= 4 is 17.5 Å². The van der Waals surface area contributed by atoms with E-state index in [0.717, 1.165) is 17.5 Å². The lowest BCUT2D eigenvalue weighted by molar-refractivity contribution is -0.119. The summed E-state index contributed by atoms with van der Waals surface area (Å²) in [6, 6.07) is 5.75. The predicted octanol–water partition coefficient (Wildman–Crippen LogP) is 1.99. The van der Waals surface area contributed by atoms with Crippen LogP contribution in [0.25, 0.3) is 0 Å². The average molecular weight is 215 g/mol. The van der Waals surface area contributed by atoms with Gasteiger partial charge in [0.1, 0.15) is 0 Å². The van der Waals surface area contributed by atoms with Crippen LogP contribution in [-0.4, -0.2) is 11.8 Å². The molecule has 1 aromatic carbocycles. The Hall–Kier alpha value is -1.90. The highest BCUT2D eigenvalue weighted by Gasteiger charge is 2.26. The first-order valence-electron chi connectivity index (χ1n) is 5.29. The van der Waals surface area contributed by atoms with E-state index in [1.807, 2.05) is 32.0 Å². The molecule has 1 aliphatic heterocycles. The van der Waals surface area contributed by atoms with Crippen molar-refractivity contribution in [2.24, 2.45) is 0 Å². The van der Waals surface area contributed by atoms with Crippen LogP contribution < -0.4 is 4.90 Å². The molecule has 82 valence electrons. The molecule has 2 rings (SSSR count). The minimum Gasteiger partial charge on any atom is -0.269 e. The third kappa shape index (κ3) is 1.65. The maximum Gasteiger partial charge on any atom is 0.258 e. The summed E-state index contributed by atoms with van der Waals surface area (Å²) in [6.07, 6.45) is 3.41. The van der Waals surface area contributed by atoms with Crippen molar-refractivity contribution in [3.8, 4) is 0 Å². The van der Waals surface area contributed by atoms with Crippen molar-refractivity contribution in [1.29, 1.82) is 0 Å². The summed E-state index contributed by atoms with van der Waals surface area (Å²) in [4.78, 5) is 24.3. The molecule has 3 heteroatoms. The molecular formula is C13H13NO2. The second-order valence-corrected chi connectivity index (χ2v) is 3.83. The van der Waals surface area contributed by atoms with Crippen LogP contribution in [0, 0.1) is 6.92 Å². The standard InChI is InChI=1S/C13H13NO2/c1-3-10-8-9(2)4-5-11(10)14-12(15)6-7-13(14)16/h4-8H,3H2,1-2H3. The van der Waals surface area contributed by atoms with Crippen LogP contribution in [0.5, 0.6) is 0 Å². The fourth-order valence-electron chi connectivity index (χ4n) is 1.85. The van der Waals surface area contributed by atoms with Gasteiger partial charge in [-0.05, 0) is 25.0 Å². The van der Waals surface area contributed by atoms with Gasteiger partial charge in [0.2, 0.25) is 0 Å². The van der Waals surface area contributed by atoms with Crippen LogP contribution in [0.1, 0.15) is 18.1 Å². The van der Waals surface area contributed by atoms with Crippen molar-refractivity contribution in [2.75, 3.05) is 4.90 Å². The molecule has 0 spiro atoms. The summed E-state index contributed by atoms with van der Waals surface area (Å²) < 4.78 is 0. The Kier molecular flexibility index (Phi) is 2.60. The Morgan fingerprint density at radius 1 is 1.12 bits per heavy atom. The first-order chi connectivity index (χ1) is 7.63. The van der Waals surface area contributed by atoms with Crippen LogP contribution in [-0.2, 0) is 16.0 Å². The number of amides is 2. The largest absolute Gasteiger partial charge is 0.269 e. The van der Waals surface area contributed by atoms with Crippen LogP contribution >= 0.6 is 0 Å². The van der Waals surface area contributed by atoms with Gasteiger partial charge in [-0.15, -0.1) is 0 Å². The highest BCUT2D eigenvalue weighted by atomic mass is 16.2. The average Bonchev–Trinajstić information content (AvgIpc) is 2.59. The molecule has 0 fully saturated rings. The molecule has 3 nitrogen and oxygen atoms in total. The molecule has 1 aromatic rings. The van der Waals surface area contributed by atoms with Crippen LogP contribution in [0.2, 0.25) is 0 Å². The maximum atomic E-state index is 11.6. The molecule has 2 amide bonds. The molecule has 0 aliphatic carbocycles. The quantitative estimate of drug-likeness (QED) is 0.707. The minimum atomic E-state index is -0.261. The zero-order chi connectivity index (χ0) is 11.7. The van der Waals surface area contributed by atoms with Gasteiger partial charge in [0.15, 0.2) is 0 Å². The molecule has 0 saturated carbocycles. The van der Waals surface area contributed by atoms with Gasteiger partial charge in [0, 0.05) is 12.2 Å². The molecule has 0 aromatic heterocycles. The lowest BCUT2D eigenvalue weighted by Crippen LogP contribution is -2.30. The minimum absolute atomic E-state index is 0.261. The van der Waals surface area contributed by atoms with Gasteiger partial charge in [-0.25, -0.2) is 4.90 Å². The van der Waals surface area contributed by atoms with Gasteiger partial charge in [-0.2, -0.15) is 0 Å². The number of carbonyl (C=O) groups is 2. The van der Waals surface area contributed by atoms with Gasteiger partial charge in [-0.3, -0.25) is 9.59 Å². The van der Waals surface area contributed by atoms with Crippen molar-refractivity contribution < 1.29 is 9.59 Å². The van der Waals surface area contributed by atoms with Crippen molar-refractivity contribution in [1.82, 2.24) is 0 Å². The number of hydrogen-bond donors (Lipinski definition) is 0. The fraction of sp³-hybridized carbons (Fsp3) is 0.231. The van der Waals surface area contributed by atoms with E-state index in [-0.39, 0.29) is 11.8 Å². The van der Waals surface area contributed by atoms with E-state index in [4.69, 9.17) is 0 Å². The van der Waals surface area contributed by atoms with E-state index in [2.05, 4.69) is 0 Å². The fourth-order valence-corrected chi connectivity index (χ4v) is 1.85. The summed E-state index contributed by atoms with van der Waals surface area (Å²) in [5.74, 6) is -0.521. The summed E-state index contributed by atoms with van der Waals surface area (Å²) in [7, 11) is 0. The molecule has 0 saturated heterocycles. The summed E-state index contributed by atoms with van der Waals surface area (Å²) >= 11 is 0. The number of benzene rings is 1. The molecule has 16 heavy (non-hydrogen) atoms. The topological polar surface area (TPSA) is 37.4 Å². The molecule has 0 N–H and O–H groups in total. The van der Waals surface area contributed by atoms with Crippen molar-refractivity contribution in [3.05, 3.63) is 41.5 Å². The first kappa shape index (κ1) is 10.6. The smallest absolute Gasteiger partial charge is 0.258 e. The first-order valence-corrected chi connectivity index (χ1v) is 5.29. The van der Waals surface area contributed by atoms with Gasteiger partial charge in [0.05, 0.1) is 5.69 Å². The Labute approximate surface area is 94.4 Å². The van der Waals surface area contributed by atoms with Crippen molar-refractivity contribution in [2.45, 2.75) is 20.3 Å². The number of aryl methyl sites for hydroxylation is 2. The molecular weight excluding hydrogens is 202 g/mol. The van der Waals surface area contributed by atoms with Crippen LogP contribution in [0.3, 0.4) is 0 Å². The number of rotatable bonds is 2. The lowest BCUT2D eigenvalue weighted by Gasteiger charge is -2.17. The Morgan fingerprint density at radius 2 is 1.75 bits per heavy atom. The zero-order valence-corrected chi connectivity index (χ0v) is 9.36. The number of carbonyl (C=O) groups excluding carboxylic acids is 2. The Morgan fingerprint density at radius 3 is 2.31 bits per heavy atom. The summed E-state index contributed by atoms with van der Waals surface area (Å²) in [6.45, 7) is 4.01. The van der Waals surface area contributed by atoms with E-state index in [1.165, 1.54) is 17.1 Å². The summed E-state index contributed by atoms with van der Waals surface area (Å²) in [5, 5.41) is 0. The van der Waals surface area contributed by atoms with Gasteiger partial charge < -0.3 is 0 Å². The molecule has 1 heterocycles. The number of hydrogen-bond acceptors (Lipinski definition) is 2. The van der Waals surface area contributed by atoms with Crippen LogP contribution in [0.15, 0.2) is 30.4 Å². The second-order valence-electron chi connectivity index (χ2n) is 3.83. The molecule has 0 radical (unpaired) electrons. The Bertz CT molecular complexity index is 471. The number of imide groups is 1. The Balaban J connectivity index is 2.48. The second kappa shape index (κ2) is 3.93. The van der Waals surface area contributed by atoms with E-state index in [1.54, 1.807) is 0 Å². The molecule has 0 atom stereocenters. The normalized spacial score (nSPS) is 15.0. The molecule has 1 aliphatic rings. The van der Waals surface area contributed by atoms with Crippen molar-refractivity contribution in [3.63, 3.8) is 0 Å². The zero-order valence-electron chi connectivity index (χ0n) is 9.36. The van der Waals surface area contributed by atoms with Gasteiger partial charge >= 0.3 is 0 Å². The van der Waals surface area contributed by atoms with E-state index < -0.39 is 0 Å². The molecule has 0 unspecified atom stereocenters. The SMILES string of the molecule is CCc1cc(C)ccc1N1C(=O)C=CC1=O. The maximum absolute atomic E-state index is 11.6. The molecule has 0 bridgehead atoms. The highest BCUT2D eigenvalue weighted by molar-refractivity contribution is 6.28. The predicted molar refractivity (Wildman–Crippen MR) is 62.2 cm³/mol. The van der Waals surface area contributed by atoms with Gasteiger partial charge in [-0.1, -0.05) is 24.6 Å². The number of anilines is 1. The third-order valence-electron chi connectivity index (χ3n) is 2.67. The van der Waals surface area contributed by atoms with E-state index in [9.17, 15) is 9.59 Å². The highest BCUT2D eigenvalue weighted by Crippen LogP contribution is 2.25. The van der Waals surface area contributed by atoms with E-state index >= 15 is 0 Å². The monoisotopic (exact) mass is 215 g/mol. The lowest BCUT2D eigenvalue weighted by atomic mass is 10.1. The van der Waals surface area contributed by atoms with Crippen LogP contribution in [0.4, 0.5) is 5.69 Å². The third-order valence-corrected chi connectivity index (χ3v) is 2.67.